The predicted molar refractivity (Wildman–Crippen MR) is 67.8 cm³/mol. The van der Waals surface area contributed by atoms with Gasteiger partial charge in [-0.15, -0.1) is 0 Å². The molecular weight excluding hydrogens is 232 g/mol. The molecule has 3 N–H and O–H groups in total. The number of rotatable bonds is 4. The summed E-state index contributed by atoms with van der Waals surface area (Å²) in [6.45, 7) is 3.46. The van der Waals surface area contributed by atoms with Gasteiger partial charge in [-0.3, -0.25) is 4.79 Å². The number of nitrogens with one attached hydrogen (secondary N) is 1. The number of hydrogen-bond acceptors (Lipinski definition) is 4. The van der Waals surface area contributed by atoms with Gasteiger partial charge in [0.15, 0.2) is 11.5 Å². The Morgan fingerprint density at radius 2 is 2.11 bits per heavy atom. The molecule has 0 spiro atoms. The summed E-state index contributed by atoms with van der Waals surface area (Å²) in [4.78, 5) is 11.6. The van der Waals surface area contributed by atoms with Gasteiger partial charge in [0.05, 0.1) is 6.42 Å². The third-order valence-electron chi connectivity index (χ3n) is 2.59. The maximum Gasteiger partial charge on any atom is 0.224 e. The number of fused-ring (bicyclic) bond motifs is 1. The van der Waals surface area contributed by atoms with Gasteiger partial charge >= 0.3 is 0 Å². The fourth-order valence-corrected chi connectivity index (χ4v) is 1.72. The van der Waals surface area contributed by atoms with Crippen molar-refractivity contribution in [3.8, 4) is 11.5 Å². The van der Waals surface area contributed by atoms with Gasteiger partial charge in [0, 0.05) is 12.6 Å². The molecule has 5 heteroatoms. The summed E-state index contributed by atoms with van der Waals surface area (Å²) in [6, 6.07) is 5.52. The first-order chi connectivity index (χ1) is 8.65. The summed E-state index contributed by atoms with van der Waals surface area (Å²) < 4.78 is 10.9. The highest BCUT2D eigenvalue weighted by molar-refractivity contribution is 5.78. The van der Waals surface area contributed by atoms with E-state index >= 15 is 0 Å². The first kappa shape index (κ1) is 12.7. The Labute approximate surface area is 106 Å². The van der Waals surface area contributed by atoms with Crippen LogP contribution in [0.5, 0.6) is 11.5 Å². The number of carbonyl (C=O) groups is 1. The third-order valence-corrected chi connectivity index (χ3v) is 2.59. The van der Waals surface area contributed by atoms with E-state index in [-0.39, 0.29) is 11.9 Å². The molecule has 2 rings (SSSR count). The van der Waals surface area contributed by atoms with Gasteiger partial charge < -0.3 is 20.5 Å². The summed E-state index contributed by atoms with van der Waals surface area (Å²) in [7, 11) is 0. The summed E-state index contributed by atoms with van der Waals surface area (Å²) in [5.74, 6) is 1.41. The van der Waals surface area contributed by atoms with E-state index in [9.17, 15) is 4.79 Å². The minimum atomic E-state index is -0.0380. The van der Waals surface area contributed by atoms with Gasteiger partial charge in [0.2, 0.25) is 5.91 Å². The Morgan fingerprint density at radius 3 is 2.83 bits per heavy atom. The molecule has 18 heavy (non-hydrogen) atoms. The standard InChI is InChI=1S/C13H18N2O3/c1-9(14)8-15-13(16)7-10-2-3-11-12(6-10)18-5-4-17-11/h2-3,6,9H,4-5,7-8,14H2,1H3,(H,15,16). The average molecular weight is 250 g/mol. The van der Waals surface area contributed by atoms with Crippen LogP contribution < -0.4 is 20.5 Å². The Bertz CT molecular complexity index is 432. The van der Waals surface area contributed by atoms with Crippen LogP contribution >= 0.6 is 0 Å². The van der Waals surface area contributed by atoms with Crippen LogP contribution in [0.1, 0.15) is 12.5 Å². The second kappa shape index (κ2) is 5.73. The Balaban J connectivity index is 1.95. The van der Waals surface area contributed by atoms with Gasteiger partial charge in [-0.2, -0.15) is 0 Å². The van der Waals surface area contributed by atoms with Crippen molar-refractivity contribution < 1.29 is 14.3 Å². The first-order valence-corrected chi connectivity index (χ1v) is 6.06. The van der Waals surface area contributed by atoms with Crippen LogP contribution in [-0.2, 0) is 11.2 Å². The maximum absolute atomic E-state index is 11.6. The molecule has 0 radical (unpaired) electrons. The fourth-order valence-electron chi connectivity index (χ4n) is 1.72. The Kier molecular flexibility index (Phi) is 4.04. The zero-order valence-corrected chi connectivity index (χ0v) is 10.4. The monoisotopic (exact) mass is 250 g/mol. The average Bonchev–Trinajstić information content (AvgIpc) is 2.36. The van der Waals surface area contributed by atoms with Gasteiger partial charge in [0.1, 0.15) is 13.2 Å². The fraction of sp³-hybridized carbons (Fsp3) is 0.462. The lowest BCUT2D eigenvalue weighted by Crippen LogP contribution is -2.35. The van der Waals surface area contributed by atoms with Crippen molar-refractivity contribution in [2.75, 3.05) is 19.8 Å². The summed E-state index contributed by atoms with van der Waals surface area (Å²) >= 11 is 0. The van der Waals surface area contributed by atoms with Crippen molar-refractivity contribution in [3.63, 3.8) is 0 Å². The maximum atomic E-state index is 11.6. The SMILES string of the molecule is CC(N)CNC(=O)Cc1ccc2c(c1)OCCO2. The van der Waals surface area contributed by atoms with Crippen molar-refractivity contribution in [1.29, 1.82) is 0 Å². The van der Waals surface area contributed by atoms with Crippen LogP contribution in [0.15, 0.2) is 18.2 Å². The van der Waals surface area contributed by atoms with Crippen LogP contribution in [0.25, 0.3) is 0 Å². The molecule has 98 valence electrons. The third kappa shape index (κ3) is 3.37. The van der Waals surface area contributed by atoms with Crippen LogP contribution in [0.2, 0.25) is 0 Å². The van der Waals surface area contributed by atoms with Crippen molar-refractivity contribution in [3.05, 3.63) is 23.8 Å². The topological polar surface area (TPSA) is 73.6 Å². The van der Waals surface area contributed by atoms with E-state index in [0.717, 1.165) is 11.3 Å². The lowest BCUT2D eigenvalue weighted by atomic mass is 10.1. The van der Waals surface area contributed by atoms with E-state index in [1.807, 2.05) is 25.1 Å². The van der Waals surface area contributed by atoms with Crippen LogP contribution in [0.4, 0.5) is 0 Å². The molecule has 1 atom stereocenters. The smallest absolute Gasteiger partial charge is 0.224 e. The van der Waals surface area contributed by atoms with E-state index in [1.54, 1.807) is 0 Å². The van der Waals surface area contributed by atoms with E-state index in [0.29, 0.717) is 31.9 Å². The largest absolute Gasteiger partial charge is 0.486 e. The zero-order valence-electron chi connectivity index (χ0n) is 10.4. The number of hydrogen-bond donors (Lipinski definition) is 2. The molecule has 5 nitrogen and oxygen atoms in total. The summed E-state index contributed by atoms with van der Waals surface area (Å²) in [5, 5.41) is 2.77. The van der Waals surface area contributed by atoms with Crippen molar-refractivity contribution in [1.82, 2.24) is 5.32 Å². The molecule has 0 fully saturated rings. The van der Waals surface area contributed by atoms with Crippen molar-refractivity contribution in [2.45, 2.75) is 19.4 Å². The highest BCUT2D eigenvalue weighted by atomic mass is 16.6. The molecule has 1 amide bonds. The van der Waals surface area contributed by atoms with E-state index in [2.05, 4.69) is 5.32 Å². The molecule has 1 heterocycles. The number of carbonyl (C=O) groups excluding carboxylic acids is 1. The van der Waals surface area contributed by atoms with Crippen LogP contribution in [0, 0.1) is 0 Å². The quantitative estimate of drug-likeness (QED) is 0.814. The molecule has 0 saturated heterocycles. The van der Waals surface area contributed by atoms with Crippen LogP contribution in [-0.4, -0.2) is 31.7 Å². The van der Waals surface area contributed by atoms with Gasteiger partial charge in [-0.05, 0) is 24.6 Å². The van der Waals surface area contributed by atoms with Crippen molar-refractivity contribution in [2.24, 2.45) is 5.73 Å². The van der Waals surface area contributed by atoms with E-state index < -0.39 is 0 Å². The molecule has 1 aliphatic rings. The highest BCUT2D eigenvalue weighted by Crippen LogP contribution is 2.30. The molecule has 1 aromatic rings. The molecule has 1 aromatic carbocycles. The molecule has 0 aromatic heterocycles. The molecule has 1 unspecified atom stereocenters. The number of amides is 1. The normalized spacial score (nSPS) is 15.0. The summed E-state index contributed by atoms with van der Waals surface area (Å²) in [6.07, 6.45) is 0.323. The molecule has 0 saturated carbocycles. The molecule has 0 bridgehead atoms. The van der Waals surface area contributed by atoms with E-state index in [1.165, 1.54) is 0 Å². The van der Waals surface area contributed by atoms with Gasteiger partial charge in [-0.25, -0.2) is 0 Å². The van der Waals surface area contributed by atoms with Crippen molar-refractivity contribution >= 4 is 5.91 Å². The Hall–Kier alpha value is -1.75. The minimum absolute atomic E-state index is 0.0331. The molecule has 1 aliphatic heterocycles. The van der Waals surface area contributed by atoms with Gasteiger partial charge in [0.25, 0.3) is 0 Å². The first-order valence-electron chi connectivity index (χ1n) is 6.06. The highest BCUT2D eigenvalue weighted by Gasteiger charge is 2.13. The minimum Gasteiger partial charge on any atom is -0.486 e. The Morgan fingerprint density at radius 1 is 1.39 bits per heavy atom. The second-order valence-electron chi connectivity index (χ2n) is 4.44. The van der Waals surface area contributed by atoms with Gasteiger partial charge in [-0.1, -0.05) is 6.07 Å². The number of nitrogens with two attached hydrogens (primary N) is 1. The lowest BCUT2D eigenvalue weighted by molar-refractivity contribution is -0.120. The number of ether oxygens (including phenoxy) is 2. The molecule has 0 aliphatic carbocycles. The number of benzene rings is 1. The molecular formula is C13H18N2O3. The second-order valence-corrected chi connectivity index (χ2v) is 4.44. The lowest BCUT2D eigenvalue weighted by Gasteiger charge is -2.18. The zero-order chi connectivity index (χ0) is 13.0. The summed E-state index contributed by atoms with van der Waals surface area (Å²) in [5.41, 5.74) is 6.48. The van der Waals surface area contributed by atoms with Crippen LogP contribution in [0.3, 0.4) is 0 Å². The predicted octanol–water partition coefficient (Wildman–Crippen LogP) is 0.464. The van der Waals surface area contributed by atoms with E-state index in [4.69, 9.17) is 15.2 Å².